The van der Waals surface area contributed by atoms with Crippen molar-refractivity contribution >= 4 is 22.5 Å². The van der Waals surface area contributed by atoms with Crippen LogP contribution in [0.15, 0.2) is 24.3 Å². The molecule has 0 atom stereocenters. The number of hydrogen-bond acceptors (Lipinski definition) is 4. The number of aromatic nitrogens is 3. The standard InChI is InChI=1S/C17H20N4O2/c1-12-16(15(22)11-20-7-9-23-10-8-20)17-19(2)13-5-3-4-6-14(13)21(17)18-12/h3-6H,7-11H2,1-2H3. The number of carbonyl (C=O) groups excluding carboxylic acids is 1. The predicted molar refractivity (Wildman–Crippen MR) is 88.0 cm³/mol. The predicted octanol–water partition coefficient (Wildman–Crippen LogP) is 1.65. The summed E-state index contributed by atoms with van der Waals surface area (Å²) in [6.45, 7) is 5.35. The minimum Gasteiger partial charge on any atom is -0.379 e. The Balaban J connectivity index is 1.79. The van der Waals surface area contributed by atoms with Gasteiger partial charge in [0.15, 0.2) is 5.78 Å². The van der Waals surface area contributed by atoms with E-state index < -0.39 is 0 Å². The van der Waals surface area contributed by atoms with Crippen molar-refractivity contribution in [2.45, 2.75) is 6.92 Å². The third kappa shape index (κ3) is 2.26. The van der Waals surface area contributed by atoms with Crippen LogP contribution in [0, 0.1) is 6.92 Å². The number of ketones is 1. The normalized spacial score (nSPS) is 16.4. The van der Waals surface area contributed by atoms with Gasteiger partial charge in [0, 0.05) is 20.1 Å². The smallest absolute Gasteiger partial charge is 0.182 e. The number of aryl methyl sites for hydroxylation is 2. The Kier molecular flexibility index (Phi) is 3.43. The summed E-state index contributed by atoms with van der Waals surface area (Å²) in [5.41, 5.74) is 4.51. The SMILES string of the molecule is Cc1nn2c3ccccc3n(C)c2c1C(=O)CN1CCOCC1. The number of nitrogens with zero attached hydrogens (tertiary/aromatic N) is 4. The van der Waals surface area contributed by atoms with E-state index in [1.807, 2.05) is 36.7 Å². The Morgan fingerprint density at radius 3 is 2.65 bits per heavy atom. The molecule has 0 N–H and O–H groups in total. The Bertz CT molecular complexity index is 887. The van der Waals surface area contributed by atoms with Crippen LogP contribution in [0.3, 0.4) is 0 Å². The summed E-state index contributed by atoms with van der Waals surface area (Å²) >= 11 is 0. The quantitative estimate of drug-likeness (QED) is 0.690. The average molecular weight is 312 g/mol. The van der Waals surface area contributed by atoms with Gasteiger partial charge in [-0.25, -0.2) is 4.52 Å². The van der Waals surface area contributed by atoms with E-state index in [-0.39, 0.29) is 5.78 Å². The van der Waals surface area contributed by atoms with Gasteiger partial charge in [-0.3, -0.25) is 9.69 Å². The molecule has 0 bridgehead atoms. The van der Waals surface area contributed by atoms with Crippen LogP contribution in [-0.2, 0) is 11.8 Å². The fourth-order valence-corrected chi connectivity index (χ4v) is 3.40. The van der Waals surface area contributed by atoms with Crippen LogP contribution in [0.2, 0.25) is 0 Å². The number of rotatable bonds is 3. The fraction of sp³-hybridized carbons (Fsp3) is 0.412. The Morgan fingerprint density at radius 2 is 1.91 bits per heavy atom. The lowest BCUT2D eigenvalue weighted by Crippen LogP contribution is -2.39. The van der Waals surface area contributed by atoms with Crippen molar-refractivity contribution in [3.63, 3.8) is 0 Å². The highest BCUT2D eigenvalue weighted by atomic mass is 16.5. The van der Waals surface area contributed by atoms with Crippen LogP contribution in [0.25, 0.3) is 16.7 Å². The number of benzene rings is 1. The molecule has 3 aromatic rings. The number of imidazole rings is 1. The average Bonchev–Trinajstić information content (AvgIpc) is 3.04. The van der Waals surface area contributed by atoms with Crippen LogP contribution in [0.1, 0.15) is 16.1 Å². The molecule has 0 spiro atoms. The second kappa shape index (κ2) is 5.47. The molecule has 0 saturated carbocycles. The van der Waals surface area contributed by atoms with Gasteiger partial charge in [-0.2, -0.15) is 5.10 Å². The van der Waals surface area contributed by atoms with E-state index in [1.165, 1.54) is 0 Å². The first-order valence-corrected chi connectivity index (χ1v) is 7.93. The molecule has 1 saturated heterocycles. The van der Waals surface area contributed by atoms with Crippen molar-refractivity contribution in [1.29, 1.82) is 0 Å². The summed E-state index contributed by atoms with van der Waals surface area (Å²) in [5.74, 6) is 0.130. The largest absolute Gasteiger partial charge is 0.379 e. The summed E-state index contributed by atoms with van der Waals surface area (Å²) in [5, 5.41) is 4.61. The van der Waals surface area contributed by atoms with Crippen molar-refractivity contribution in [2.75, 3.05) is 32.8 Å². The maximum atomic E-state index is 12.9. The van der Waals surface area contributed by atoms with Gasteiger partial charge in [0.1, 0.15) is 5.65 Å². The second-order valence-corrected chi connectivity index (χ2v) is 6.06. The van der Waals surface area contributed by atoms with Crippen LogP contribution < -0.4 is 0 Å². The number of ether oxygens (including phenoxy) is 1. The van der Waals surface area contributed by atoms with Crippen LogP contribution in [0.4, 0.5) is 0 Å². The Morgan fingerprint density at radius 1 is 1.22 bits per heavy atom. The van der Waals surface area contributed by atoms with E-state index in [0.717, 1.165) is 41.0 Å². The molecule has 6 heteroatoms. The molecule has 1 aliphatic rings. The van der Waals surface area contributed by atoms with Crippen LogP contribution >= 0.6 is 0 Å². The molecule has 2 aromatic heterocycles. The molecule has 3 heterocycles. The molecule has 1 fully saturated rings. The van der Waals surface area contributed by atoms with Crippen molar-refractivity contribution in [3.05, 3.63) is 35.5 Å². The van der Waals surface area contributed by atoms with E-state index in [2.05, 4.69) is 20.6 Å². The monoisotopic (exact) mass is 312 g/mol. The second-order valence-electron chi connectivity index (χ2n) is 6.06. The lowest BCUT2D eigenvalue weighted by molar-refractivity contribution is 0.0371. The number of morpholine rings is 1. The third-order valence-corrected chi connectivity index (χ3v) is 4.57. The summed E-state index contributed by atoms with van der Waals surface area (Å²) in [7, 11) is 1.99. The van der Waals surface area contributed by atoms with Crippen molar-refractivity contribution in [3.8, 4) is 0 Å². The highest BCUT2D eigenvalue weighted by molar-refractivity contribution is 6.05. The Hall–Kier alpha value is -2.18. The van der Waals surface area contributed by atoms with Crippen LogP contribution in [-0.4, -0.2) is 57.7 Å². The van der Waals surface area contributed by atoms with Gasteiger partial charge in [0.05, 0.1) is 42.0 Å². The molecule has 1 aromatic carbocycles. The van der Waals surface area contributed by atoms with Gasteiger partial charge in [0.2, 0.25) is 0 Å². The van der Waals surface area contributed by atoms with E-state index in [0.29, 0.717) is 19.8 Å². The number of hydrogen-bond donors (Lipinski definition) is 0. The van der Waals surface area contributed by atoms with Gasteiger partial charge in [0.25, 0.3) is 0 Å². The lowest BCUT2D eigenvalue weighted by Gasteiger charge is -2.25. The summed E-state index contributed by atoms with van der Waals surface area (Å²) in [6.07, 6.45) is 0. The first kappa shape index (κ1) is 14.4. The van der Waals surface area contributed by atoms with E-state index in [1.54, 1.807) is 0 Å². The maximum Gasteiger partial charge on any atom is 0.182 e. The zero-order valence-corrected chi connectivity index (χ0v) is 13.5. The Labute approximate surface area is 134 Å². The zero-order chi connectivity index (χ0) is 16.0. The minimum absolute atomic E-state index is 0.130. The van der Waals surface area contributed by atoms with Crippen LogP contribution in [0.5, 0.6) is 0 Å². The molecule has 4 rings (SSSR count). The molecule has 0 radical (unpaired) electrons. The van der Waals surface area contributed by atoms with Crippen molar-refractivity contribution in [1.82, 2.24) is 19.1 Å². The maximum absolute atomic E-state index is 12.9. The third-order valence-electron chi connectivity index (χ3n) is 4.57. The van der Waals surface area contributed by atoms with Crippen molar-refractivity contribution in [2.24, 2.45) is 7.05 Å². The highest BCUT2D eigenvalue weighted by Crippen LogP contribution is 2.24. The molecular formula is C17H20N4O2. The topological polar surface area (TPSA) is 51.8 Å². The van der Waals surface area contributed by atoms with Crippen molar-refractivity contribution < 1.29 is 9.53 Å². The van der Waals surface area contributed by atoms with E-state index in [4.69, 9.17) is 4.74 Å². The van der Waals surface area contributed by atoms with E-state index in [9.17, 15) is 4.79 Å². The lowest BCUT2D eigenvalue weighted by atomic mass is 10.1. The van der Waals surface area contributed by atoms with Gasteiger partial charge in [-0.05, 0) is 19.1 Å². The molecule has 0 amide bonds. The molecule has 120 valence electrons. The number of para-hydroxylation sites is 2. The number of fused-ring (bicyclic) bond motifs is 3. The summed E-state index contributed by atoms with van der Waals surface area (Å²) < 4.78 is 9.29. The van der Waals surface area contributed by atoms with Gasteiger partial charge >= 0.3 is 0 Å². The zero-order valence-electron chi connectivity index (χ0n) is 13.5. The molecule has 1 aliphatic heterocycles. The molecule has 6 nitrogen and oxygen atoms in total. The molecule has 23 heavy (non-hydrogen) atoms. The number of Topliss-reactive ketones (excluding diaryl/α,β-unsaturated/α-hetero) is 1. The molecule has 0 unspecified atom stereocenters. The first-order valence-electron chi connectivity index (χ1n) is 7.93. The number of carbonyl (C=O) groups is 1. The van der Waals surface area contributed by atoms with Gasteiger partial charge in [-0.1, -0.05) is 12.1 Å². The fourth-order valence-electron chi connectivity index (χ4n) is 3.40. The van der Waals surface area contributed by atoms with Gasteiger partial charge < -0.3 is 9.30 Å². The summed E-state index contributed by atoms with van der Waals surface area (Å²) in [4.78, 5) is 15.0. The minimum atomic E-state index is 0.130. The first-order chi connectivity index (χ1) is 11.2. The highest BCUT2D eigenvalue weighted by Gasteiger charge is 2.24. The molecular weight excluding hydrogens is 292 g/mol. The van der Waals surface area contributed by atoms with E-state index >= 15 is 0 Å². The molecule has 0 aliphatic carbocycles. The van der Waals surface area contributed by atoms with Gasteiger partial charge in [-0.15, -0.1) is 0 Å². The summed E-state index contributed by atoms with van der Waals surface area (Å²) in [6, 6.07) is 8.08.